The van der Waals surface area contributed by atoms with Gasteiger partial charge in [-0.05, 0) is 36.2 Å². The molecule has 0 saturated heterocycles. The van der Waals surface area contributed by atoms with Gasteiger partial charge in [0.1, 0.15) is 0 Å². The van der Waals surface area contributed by atoms with Crippen molar-refractivity contribution in [1.29, 1.82) is 0 Å². The number of hydrogen-bond donors (Lipinski definition) is 1. The van der Waals surface area contributed by atoms with Gasteiger partial charge >= 0.3 is 12.1 Å². The van der Waals surface area contributed by atoms with Crippen molar-refractivity contribution in [3.05, 3.63) is 53.3 Å². The molecule has 1 N–H and O–H groups in total. The maximum absolute atomic E-state index is 12.7. The molecule has 3 nitrogen and oxygen atoms in total. The third-order valence-electron chi connectivity index (χ3n) is 2.77. The van der Waals surface area contributed by atoms with Crippen LogP contribution in [0.15, 0.2) is 36.5 Å². The van der Waals surface area contributed by atoms with E-state index in [0.29, 0.717) is 5.69 Å². The van der Waals surface area contributed by atoms with Gasteiger partial charge in [0.2, 0.25) is 0 Å². The van der Waals surface area contributed by atoms with Crippen LogP contribution in [-0.2, 0) is 6.18 Å². The lowest BCUT2D eigenvalue weighted by atomic mass is 9.99. The molecule has 6 heteroatoms. The molecule has 0 unspecified atom stereocenters. The van der Waals surface area contributed by atoms with E-state index in [0.717, 1.165) is 18.3 Å². The van der Waals surface area contributed by atoms with Gasteiger partial charge in [0, 0.05) is 11.9 Å². The van der Waals surface area contributed by atoms with Gasteiger partial charge in [-0.1, -0.05) is 12.1 Å². The Morgan fingerprint density at radius 1 is 1.25 bits per heavy atom. The molecule has 0 saturated carbocycles. The lowest BCUT2D eigenvalue weighted by Crippen LogP contribution is -2.06. The minimum absolute atomic E-state index is 0.130. The van der Waals surface area contributed by atoms with Gasteiger partial charge in [-0.2, -0.15) is 13.2 Å². The normalized spacial score (nSPS) is 11.4. The van der Waals surface area contributed by atoms with E-state index in [1.54, 1.807) is 6.92 Å². The topological polar surface area (TPSA) is 50.2 Å². The predicted octanol–water partition coefficient (Wildman–Crippen LogP) is 3.77. The number of hydrogen-bond acceptors (Lipinski definition) is 2. The summed E-state index contributed by atoms with van der Waals surface area (Å²) in [5, 5.41) is 9.08. The van der Waals surface area contributed by atoms with Crippen LogP contribution in [0.25, 0.3) is 11.1 Å². The molecule has 0 radical (unpaired) electrons. The Morgan fingerprint density at radius 2 is 1.95 bits per heavy atom. The molecule has 0 fully saturated rings. The van der Waals surface area contributed by atoms with Gasteiger partial charge in [0.15, 0.2) is 0 Å². The zero-order valence-corrected chi connectivity index (χ0v) is 10.4. The second-order valence-electron chi connectivity index (χ2n) is 4.25. The third-order valence-corrected chi connectivity index (χ3v) is 2.77. The molecule has 1 aromatic carbocycles. The fourth-order valence-corrected chi connectivity index (χ4v) is 1.83. The Labute approximate surface area is 112 Å². The van der Waals surface area contributed by atoms with E-state index in [1.807, 2.05) is 0 Å². The average molecular weight is 281 g/mol. The van der Waals surface area contributed by atoms with Crippen LogP contribution in [0.5, 0.6) is 0 Å². The SMILES string of the molecule is Cc1cc(-c2cccc(C(F)(F)F)c2)c(C(=O)O)cn1. The summed E-state index contributed by atoms with van der Waals surface area (Å²) in [7, 11) is 0. The monoisotopic (exact) mass is 281 g/mol. The first kappa shape index (κ1) is 14.0. The van der Waals surface area contributed by atoms with Crippen LogP contribution in [0.2, 0.25) is 0 Å². The number of benzene rings is 1. The smallest absolute Gasteiger partial charge is 0.416 e. The van der Waals surface area contributed by atoms with Gasteiger partial charge in [-0.3, -0.25) is 4.98 Å². The number of carboxylic acid groups (broad SMARTS) is 1. The van der Waals surface area contributed by atoms with E-state index in [9.17, 15) is 18.0 Å². The van der Waals surface area contributed by atoms with Crippen molar-refractivity contribution in [2.75, 3.05) is 0 Å². The maximum atomic E-state index is 12.7. The summed E-state index contributed by atoms with van der Waals surface area (Å²) in [6.07, 6.45) is -3.32. The summed E-state index contributed by atoms with van der Waals surface area (Å²) < 4.78 is 38.1. The number of aromatic carboxylic acids is 1. The average Bonchev–Trinajstić information content (AvgIpc) is 2.37. The number of aromatic nitrogens is 1. The minimum Gasteiger partial charge on any atom is -0.478 e. The number of carboxylic acids is 1. The molecule has 0 spiro atoms. The van der Waals surface area contributed by atoms with E-state index in [4.69, 9.17) is 5.11 Å². The van der Waals surface area contributed by atoms with Gasteiger partial charge in [0.05, 0.1) is 11.1 Å². The molecule has 0 aliphatic carbocycles. The Kier molecular flexibility index (Phi) is 3.48. The Balaban J connectivity index is 2.62. The summed E-state index contributed by atoms with van der Waals surface area (Å²) >= 11 is 0. The summed E-state index contributed by atoms with van der Waals surface area (Å²) in [6, 6.07) is 6.02. The summed E-state index contributed by atoms with van der Waals surface area (Å²) in [6.45, 7) is 1.64. The van der Waals surface area contributed by atoms with Crippen LogP contribution in [0.4, 0.5) is 13.2 Å². The van der Waals surface area contributed by atoms with Crippen molar-refractivity contribution < 1.29 is 23.1 Å². The first-order valence-electron chi connectivity index (χ1n) is 5.66. The maximum Gasteiger partial charge on any atom is 0.416 e. The molecule has 2 rings (SSSR count). The molecule has 0 bridgehead atoms. The molecule has 1 aromatic heterocycles. The van der Waals surface area contributed by atoms with Crippen molar-refractivity contribution in [2.24, 2.45) is 0 Å². The molecule has 0 aliphatic heterocycles. The largest absolute Gasteiger partial charge is 0.478 e. The fourth-order valence-electron chi connectivity index (χ4n) is 1.83. The number of pyridine rings is 1. The molecule has 20 heavy (non-hydrogen) atoms. The van der Waals surface area contributed by atoms with E-state index < -0.39 is 17.7 Å². The highest BCUT2D eigenvalue weighted by Gasteiger charge is 2.30. The first-order chi connectivity index (χ1) is 9.29. The lowest BCUT2D eigenvalue weighted by molar-refractivity contribution is -0.137. The Hall–Kier alpha value is -2.37. The van der Waals surface area contributed by atoms with Gasteiger partial charge in [-0.25, -0.2) is 4.79 Å². The van der Waals surface area contributed by atoms with Gasteiger partial charge in [-0.15, -0.1) is 0 Å². The standard InChI is InChI=1S/C14H10F3NO2/c1-8-5-11(12(7-18-8)13(19)20)9-3-2-4-10(6-9)14(15,16)17/h2-7H,1H3,(H,19,20). The fraction of sp³-hybridized carbons (Fsp3) is 0.143. The van der Waals surface area contributed by atoms with Crippen LogP contribution in [-0.4, -0.2) is 16.1 Å². The molecule has 104 valence electrons. The van der Waals surface area contributed by atoms with Crippen molar-refractivity contribution in [1.82, 2.24) is 4.98 Å². The number of carbonyl (C=O) groups is 1. The molecule has 0 amide bonds. The lowest BCUT2D eigenvalue weighted by Gasteiger charge is -2.11. The van der Waals surface area contributed by atoms with Crippen LogP contribution in [0, 0.1) is 6.92 Å². The quantitative estimate of drug-likeness (QED) is 0.911. The van der Waals surface area contributed by atoms with E-state index in [2.05, 4.69) is 4.98 Å². The first-order valence-corrected chi connectivity index (χ1v) is 5.66. The number of rotatable bonds is 2. The van der Waals surface area contributed by atoms with Crippen LogP contribution >= 0.6 is 0 Å². The predicted molar refractivity (Wildman–Crippen MR) is 66.4 cm³/mol. The zero-order valence-electron chi connectivity index (χ0n) is 10.4. The van der Waals surface area contributed by atoms with Gasteiger partial charge < -0.3 is 5.11 Å². The van der Waals surface area contributed by atoms with Gasteiger partial charge in [0.25, 0.3) is 0 Å². The van der Waals surface area contributed by atoms with Crippen LogP contribution in [0.3, 0.4) is 0 Å². The van der Waals surface area contributed by atoms with E-state index >= 15 is 0 Å². The summed E-state index contributed by atoms with van der Waals surface area (Å²) in [5.74, 6) is -1.23. The number of halogens is 3. The second-order valence-corrected chi connectivity index (χ2v) is 4.25. The Morgan fingerprint density at radius 3 is 2.55 bits per heavy atom. The highest BCUT2D eigenvalue weighted by atomic mass is 19.4. The molecule has 2 aromatic rings. The number of alkyl halides is 3. The van der Waals surface area contributed by atoms with E-state index in [1.165, 1.54) is 18.2 Å². The molecular formula is C14H10F3NO2. The van der Waals surface area contributed by atoms with E-state index in [-0.39, 0.29) is 16.7 Å². The zero-order chi connectivity index (χ0) is 14.9. The number of aryl methyl sites for hydroxylation is 1. The molecule has 0 atom stereocenters. The molecule has 0 aliphatic rings. The molecule has 1 heterocycles. The minimum atomic E-state index is -4.47. The highest BCUT2D eigenvalue weighted by molar-refractivity contribution is 5.95. The summed E-state index contributed by atoms with van der Waals surface area (Å²) in [5.41, 5.74) is -0.00281. The van der Waals surface area contributed by atoms with Crippen LogP contribution in [0.1, 0.15) is 21.6 Å². The van der Waals surface area contributed by atoms with Crippen molar-refractivity contribution in [3.63, 3.8) is 0 Å². The second kappa shape index (κ2) is 4.96. The third kappa shape index (κ3) is 2.79. The summed E-state index contributed by atoms with van der Waals surface area (Å²) in [4.78, 5) is 15.0. The number of nitrogens with zero attached hydrogens (tertiary/aromatic N) is 1. The highest BCUT2D eigenvalue weighted by Crippen LogP contribution is 2.33. The molecular weight excluding hydrogens is 271 g/mol. The Bertz CT molecular complexity index is 666. The van der Waals surface area contributed by atoms with Crippen molar-refractivity contribution in [3.8, 4) is 11.1 Å². The van der Waals surface area contributed by atoms with Crippen molar-refractivity contribution in [2.45, 2.75) is 13.1 Å². The van der Waals surface area contributed by atoms with Crippen molar-refractivity contribution >= 4 is 5.97 Å². The van der Waals surface area contributed by atoms with Crippen LogP contribution < -0.4 is 0 Å².